The SMILES string of the molecule is CC(O)C(NS(=O)(=O)c1ccc(Cl)cc1)C(=O)OCC(=O)Nc1ccc(SC#N)cc1Br. The minimum absolute atomic E-state index is 0.166. The second-order valence-electron chi connectivity index (χ2n) is 6.28. The average molecular weight is 563 g/mol. The van der Waals surface area contributed by atoms with Crippen molar-refractivity contribution in [3.05, 3.63) is 52.0 Å². The fourth-order valence-corrected chi connectivity index (χ4v) is 4.75. The highest BCUT2D eigenvalue weighted by atomic mass is 79.9. The molecule has 0 radical (unpaired) electrons. The molecule has 2 aromatic carbocycles. The van der Waals surface area contributed by atoms with Crippen LogP contribution in [0.2, 0.25) is 5.02 Å². The first-order valence-electron chi connectivity index (χ1n) is 8.81. The largest absolute Gasteiger partial charge is 0.454 e. The third kappa shape index (κ3) is 7.47. The number of aliphatic hydroxyl groups is 1. The van der Waals surface area contributed by atoms with Gasteiger partial charge in [0.25, 0.3) is 5.91 Å². The molecule has 2 unspecified atom stereocenters. The summed E-state index contributed by atoms with van der Waals surface area (Å²) in [5.41, 5.74) is 0.379. The molecule has 1 amide bonds. The van der Waals surface area contributed by atoms with Crippen LogP contribution in [0.5, 0.6) is 0 Å². The minimum Gasteiger partial charge on any atom is -0.454 e. The van der Waals surface area contributed by atoms with Crippen LogP contribution in [0.15, 0.2) is 56.7 Å². The van der Waals surface area contributed by atoms with E-state index in [2.05, 4.69) is 26.0 Å². The summed E-state index contributed by atoms with van der Waals surface area (Å²) < 4.78 is 32.4. The highest BCUT2D eigenvalue weighted by molar-refractivity contribution is 9.10. The molecular formula is C19H17BrClN3O6S2. The number of nitriles is 1. The molecule has 13 heteroatoms. The van der Waals surface area contributed by atoms with E-state index in [1.165, 1.54) is 31.2 Å². The maximum atomic E-state index is 12.5. The fourth-order valence-electron chi connectivity index (χ4n) is 2.32. The van der Waals surface area contributed by atoms with Gasteiger partial charge in [0.2, 0.25) is 10.0 Å². The van der Waals surface area contributed by atoms with Crippen molar-refractivity contribution in [3.63, 3.8) is 0 Å². The summed E-state index contributed by atoms with van der Waals surface area (Å²) in [4.78, 5) is 25.0. The number of nitrogens with one attached hydrogen (secondary N) is 2. The van der Waals surface area contributed by atoms with Crippen molar-refractivity contribution in [2.24, 2.45) is 0 Å². The van der Waals surface area contributed by atoms with Gasteiger partial charge in [-0.2, -0.15) is 9.98 Å². The molecule has 0 saturated heterocycles. The number of hydrogen-bond donors (Lipinski definition) is 3. The zero-order valence-electron chi connectivity index (χ0n) is 16.4. The molecule has 3 N–H and O–H groups in total. The van der Waals surface area contributed by atoms with Gasteiger partial charge in [-0.1, -0.05) is 11.6 Å². The Kier molecular flexibility index (Phi) is 9.50. The molecule has 32 heavy (non-hydrogen) atoms. The highest BCUT2D eigenvalue weighted by Crippen LogP contribution is 2.28. The molecule has 0 saturated carbocycles. The number of anilines is 1. The number of thiocyanates is 1. The van der Waals surface area contributed by atoms with Crippen molar-refractivity contribution in [2.75, 3.05) is 11.9 Å². The standard InChI is InChI=1S/C19H17BrClN3O6S2/c1-11(25)18(24-32(28,29)14-5-2-12(21)3-6-14)19(27)30-9-17(26)23-16-7-4-13(31-10-22)8-15(16)20/h2-8,11,18,24-25H,9H2,1H3,(H,23,26). The van der Waals surface area contributed by atoms with Crippen molar-refractivity contribution in [1.82, 2.24) is 4.72 Å². The number of aliphatic hydroxyl groups excluding tert-OH is 1. The van der Waals surface area contributed by atoms with Gasteiger partial charge in [-0.25, -0.2) is 8.42 Å². The van der Waals surface area contributed by atoms with Crippen LogP contribution in [-0.4, -0.2) is 44.2 Å². The number of esters is 1. The van der Waals surface area contributed by atoms with E-state index in [0.717, 1.165) is 11.8 Å². The van der Waals surface area contributed by atoms with Gasteiger partial charge in [0.1, 0.15) is 11.4 Å². The monoisotopic (exact) mass is 561 g/mol. The summed E-state index contributed by atoms with van der Waals surface area (Å²) in [6.07, 6.45) is -1.44. The van der Waals surface area contributed by atoms with E-state index < -0.39 is 40.7 Å². The summed E-state index contributed by atoms with van der Waals surface area (Å²) in [6.45, 7) is 0.486. The van der Waals surface area contributed by atoms with Crippen LogP contribution in [0.3, 0.4) is 0 Å². The van der Waals surface area contributed by atoms with Crippen LogP contribution >= 0.6 is 39.3 Å². The predicted molar refractivity (Wildman–Crippen MR) is 122 cm³/mol. The lowest BCUT2D eigenvalue weighted by molar-refractivity contribution is -0.151. The predicted octanol–water partition coefficient (Wildman–Crippen LogP) is 2.89. The molecular weight excluding hydrogens is 546 g/mol. The molecule has 0 aromatic heterocycles. The zero-order valence-corrected chi connectivity index (χ0v) is 20.4. The van der Waals surface area contributed by atoms with Crippen LogP contribution in [0.4, 0.5) is 5.69 Å². The number of carbonyl (C=O) groups is 2. The second kappa shape index (κ2) is 11.6. The molecule has 0 aliphatic heterocycles. The summed E-state index contributed by atoms with van der Waals surface area (Å²) >= 11 is 9.96. The summed E-state index contributed by atoms with van der Waals surface area (Å²) in [7, 11) is -4.17. The number of halogens is 2. The number of amides is 1. The number of thioether (sulfide) groups is 1. The first-order chi connectivity index (χ1) is 15.0. The van der Waals surface area contributed by atoms with Gasteiger partial charge in [-0.05, 0) is 77.1 Å². The number of benzene rings is 2. The molecule has 170 valence electrons. The van der Waals surface area contributed by atoms with Gasteiger partial charge < -0.3 is 15.2 Å². The highest BCUT2D eigenvalue weighted by Gasteiger charge is 2.31. The number of hydrogen-bond acceptors (Lipinski definition) is 8. The Labute approximate surface area is 202 Å². The van der Waals surface area contributed by atoms with Gasteiger partial charge in [0.05, 0.1) is 16.7 Å². The van der Waals surface area contributed by atoms with Gasteiger partial charge >= 0.3 is 5.97 Å². The Balaban J connectivity index is 2.00. The zero-order chi connectivity index (χ0) is 23.9. The summed E-state index contributed by atoms with van der Waals surface area (Å²) in [5.74, 6) is -1.82. The van der Waals surface area contributed by atoms with Gasteiger partial charge in [-0.3, -0.25) is 9.59 Å². The van der Waals surface area contributed by atoms with E-state index in [1.807, 2.05) is 5.40 Å². The third-order valence-electron chi connectivity index (χ3n) is 3.87. The molecule has 2 aromatic rings. The van der Waals surface area contributed by atoms with Crippen LogP contribution < -0.4 is 10.0 Å². The van der Waals surface area contributed by atoms with Gasteiger partial charge in [0.15, 0.2) is 6.61 Å². The maximum Gasteiger partial charge on any atom is 0.327 e. The normalized spacial score (nSPS) is 13.0. The Morgan fingerprint density at radius 1 is 1.28 bits per heavy atom. The van der Waals surface area contributed by atoms with Crippen LogP contribution in [0.1, 0.15) is 6.92 Å². The van der Waals surface area contributed by atoms with Crippen LogP contribution in [0, 0.1) is 10.7 Å². The Bertz CT molecular complexity index is 1140. The van der Waals surface area contributed by atoms with E-state index in [4.69, 9.17) is 21.6 Å². The van der Waals surface area contributed by atoms with Crippen molar-refractivity contribution >= 4 is 66.9 Å². The molecule has 0 spiro atoms. The number of ether oxygens (including phenoxy) is 1. The van der Waals surface area contributed by atoms with Crippen molar-refractivity contribution in [1.29, 1.82) is 5.26 Å². The first kappa shape index (κ1) is 26.1. The maximum absolute atomic E-state index is 12.5. The van der Waals surface area contributed by atoms with E-state index >= 15 is 0 Å². The van der Waals surface area contributed by atoms with E-state index in [0.29, 0.717) is 20.1 Å². The molecule has 0 aliphatic rings. The summed E-state index contributed by atoms with van der Waals surface area (Å²) in [5, 5.41) is 23.3. The lowest BCUT2D eigenvalue weighted by Crippen LogP contribution is -2.48. The molecule has 2 atom stereocenters. The Morgan fingerprint density at radius 2 is 1.94 bits per heavy atom. The Morgan fingerprint density at radius 3 is 2.50 bits per heavy atom. The third-order valence-corrected chi connectivity index (χ3v) is 6.81. The molecule has 0 bridgehead atoms. The lowest BCUT2D eigenvalue weighted by Gasteiger charge is -2.20. The quantitative estimate of drug-likeness (QED) is 0.240. The van der Waals surface area contributed by atoms with Gasteiger partial charge in [-0.15, -0.1) is 0 Å². The molecule has 9 nitrogen and oxygen atoms in total. The fraction of sp³-hybridized carbons (Fsp3) is 0.211. The van der Waals surface area contributed by atoms with Crippen LogP contribution in [-0.2, 0) is 24.3 Å². The average Bonchev–Trinajstić information content (AvgIpc) is 2.72. The molecule has 0 aliphatic carbocycles. The topological polar surface area (TPSA) is 146 Å². The van der Waals surface area contributed by atoms with E-state index in [9.17, 15) is 23.1 Å². The lowest BCUT2D eigenvalue weighted by atomic mass is 10.2. The second-order valence-corrected chi connectivity index (χ2v) is 10.1. The number of sulfonamides is 1. The van der Waals surface area contributed by atoms with Crippen molar-refractivity contribution < 1.29 is 27.9 Å². The minimum atomic E-state index is -4.17. The molecule has 0 heterocycles. The van der Waals surface area contributed by atoms with Gasteiger partial charge in [0, 0.05) is 14.4 Å². The Hall–Kier alpha value is -2.14. The van der Waals surface area contributed by atoms with Crippen LogP contribution in [0.25, 0.3) is 0 Å². The summed E-state index contributed by atoms with van der Waals surface area (Å²) in [6, 6.07) is 8.36. The van der Waals surface area contributed by atoms with Crippen molar-refractivity contribution in [2.45, 2.75) is 28.9 Å². The van der Waals surface area contributed by atoms with E-state index in [1.54, 1.807) is 18.2 Å². The van der Waals surface area contributed by atoms with E-state index in [-0.39, 0.29) is 4.90 Å². The smallest absolute Gasteiger partial charge is 0.327 e. The number of nitrogens with zero attached hydrogens (tertiary/aromatic N) is 1. The molecule has 2 rings (SSSR count). The van der Waals surface area contributed by atoms with Crippen molar-refractivity contribution in [3.8, 4) is 5.40 Å². The first-order valence-corrected chi connectivity index (χ1v) is 12.3. The number of rotatable bonds is 9. The number of carbonyl (C=O) groups excluding carboxylic acids is 2. The molecule has 0 fully saturated rings.